The van der Waals surface area contributed by atoms with Gasteiger partial charge < -0.3 is 15.1 Å². The molecular weight excluding hydrogens is 416 g/mol. The van der Waals surface area contributed by atoms with Gasteiger partial charge in [0, 0.05) is 6.92 Å². The molecule has 2 N–H and O–H groups in total. The number of rotatable bonds is 6. The van der Waals surface area contributed by atoms with Gasteiger partial charge in [0.2, 0.25) is 11.8 Å². The van der Waals surface area contributed by atoms with Gasteiger partial charge in [-0.2, -0.15) is 0 Å². The van der Waals surface area contributed by atoms with Crippen molar-refractivity contribution in [2.75, 3.05) is 6.61 Å². The van der Waals surface area contributed by atoms with Crippen LogP contribution >= 0.6 is 0 Å². The maximum absolute atomic E-state index is 12.8. The van der Waals surface area contributed by atoms with Crippen LogP contribution in [0.15, 0.2) is 60.7 Å². The van der Waals surface area contributed by atoms with Crippen LogP contribution in [-0.2, 0) is 14.0 Å². The molecule has 2 amide bonds. The summed E-state index contributed by atoms with van der Waals surface area (Å²) in [6.07, 6.45) is 3.45. The number of hydrogen-bond donors (Lipinski definition) is 2. The van der Waals surface area contributed by atoms with Crippen LogP contribution in [0.1, 0.15) is 53.4 Å². The Morgan fingerprint density at radius 2 is 1.53 bits per heavy atom. The van der Waals surface area contributed by atoms with E-state index in [1.54, 1.807) is 0 Å². The SMILES string of the molecule is CC(=O)N[C@H]1CCCC[C@H](CO[Si](c2ccccc2)(c2ccccc2)C(C)(C)C)NC1=O. The number of hydrogen-bond acceptors (Lipinski definition) is 3. The van der Waals surface area contributed by atoms with E-state index in [9.17, 15) is 9.59 Å². The molecule has 2 atom stereocenters. The Hall–Kier alpha value is -2.44. The van der Waals surface area contributed by atoms with Crippen LogP contribution in [0.5, 0.6) is 0 Å². The fourth-order valence-corrected chi connectivity index (χ4v) is 9.35. The van der Waals surface area contributed by atoms with E-state index < -0.39 is 14.4 Å². The fourth-order valence-electron chi connectivity index (χ4n) is 4.74. The molecule has 0 spiro atoms. The summed E-state index contributed by atoms with van der Waals surface area (Å²) >= 11 is 0. The van der Waals surface area contributed by atoms with Gasteiger partial charge in [-0.05, 0) is 28.3 Å². The largest absolute Gasteiger partial charge is 0.405 e. The highest BCUT2D eigenvalue weighted by Crippen LogP contribution is 2.37. The minimum atomic E-state index is -2.65. The fraction of sp³-hybridized carbons (Fsp3) is 0.462. The average Bonchev–Trinajstić information content (AvgIpc) is 2.75. The minimum Gasteiger partial charge on any atom is -0.405 e. The topological polar surface area (TPSA) is 67.4 Å². The number of carbonyl (C=O) groups is 2. The first-order valence-corrected chi connectivity index (χ1v) is 13.5. The smallest absolute Gasteiger partial charge is 0.261 e. The van der Waals surface area contributed by atoms with E-state index in [-0.39, 0.29) is 22.9 Å². The Bertz CT molecular complexity index is 857. The monoisotopic (exact) mass is 452 g/mol. The first kappa shape index (κ1) is 24.2. The summed E-state index contributed by atoms with van der Waals surface area (Å²) in [6.45, 7) is 8.66. The van der Waals surface area contributed by atoms with Crippen LogP contribution in [0, 0.1) is 0 Å². The molecule has 1 aliphatic rings. The normalized spacial score (nSPS) is 20.1. The van der Waals surface area contributed by atoms with E-state index >= 15 is 0 Å². The second-order valence-electron chi connectivity index (χ2n) is 9.72. The zero-order valence-corrected chi connectivity index (χ0v) is 20.7. The molecule has 0 aliphatic carbocycles. The van der Waals surface area contributed by atoms with Gasteiger partial charge in [0.15, 0.2) is 0 Å². The third kappa shape index (κ3) is 5.48. The maximum Gasteiger partial charge on any atom is 0.261 e. The van der Waals surface area contributed by atoms with Crippen molar-refractivity contribution in [3.8, 4) is 0 Å². The zero-order chi connectivity index (χ0) is 23.2. The lowest BCUT2D eigenvalue weighted by Gasteiger charge is -2.44. The highest BCUT2D eigenvalue weighted by Gasteiger charge is 2.50. The Morgan fingerprint density at radius 3 is 2.03 bits per heavy atom. The maximum atomic E-state index is 12.8. The number of amides is 2. The Labute approximate surface area is 193 Å². The molecule has 32 heavy (non-hydrogen) atoms. The van der Waals surface area contributed by atoms with Crippen LogP contribution < -0.4 is 21.0 Å². The van der Waals surface area contributed by atoms with Crippen molar-refractivity contribution in [2.45, 2.75) is 70.5 Å². The first-order chi connectivity index (χ1) is 15.2. The third-order valence-electron chi connectivity index (χ3n) is 6.25. The molecule has 2 aromatic carbocycles. The second-order valence-corrected chi connectivity index (χ2v) is 14.0. The van der Waals surface area contributed by atoms with Gasteiger partial charge in [-0.1, -0.05) is 94.3 Å². The molecule has 1 heterocycles. The van der Waals surface area contributed by atoms with Crippen LogP contribution in [0.25, 0.3) is 0 Å². The summed E-state index contributed by atoms with van der Waals surface area (Å²) in [4.78, 5) is 24.3. The molecule has 5 nitrogen and oxygen atoms in total. The predicted molar refractivity (Wildman–Crippen MR) is 132 cm³/mol. The predicted octanol–water partition coefficient (Wildman–Crippen LogP) is 3.13. The van der Waals surface area contributed by atoms with Crippen molar-refractivity contribution in [1.82, 2.24) is 10.6 Å². The van der Waals surface area contributed by atoms with Crippen molar-refractivity contribution in [1.29, 1.82) is 0 Å². The van der Waals surface area contributed by atoms with Crippen molar-refractivity contribution in [2.24, 2.45) is 0 Å². The number of carbonyl (C=O) groups excluding carboxylic acids is 2. The van der Waals surface area contributed by atoms with Crippen LogP contribution in [0.3, 0.4) is 0 Å². The molecule has 0 radical (unpaired) electrons. The zero-order valence-electron chi connectivity index (χ0n) is 19.7. The number of benzene rings is 2. The van der Waals surface area contributed by atoms with Gasteiger partial charge in [0.05, 0.1) is 12.6 Å². The molecule has 1 saturated heterocycles. The van der Waals surface area contributed by atoms with Crippen molar-refractivity contribution < 1.29 is 14.0 Å². The summed E-state index contributed by atoms with van der Waals surface area (Å²) in [6, 6.07) is 20.5. The van der Waals surface area contributed by atoms with E-state index in [0.29, 0.717) is 13.0 Å². The molecule has 6 heteroatoms. The van der Waals surface area contributed by atoms with Crippen LogP contribution in [0.4, 0.5) is 0 Å². The third-order valence-corrected chi connectivity index (χ3v) is 11.3. The van der Waals surface area contributed by atoms with Gasteiger partial charge in [0.25, 0.3) is 8.32 Å². The van der Waals surface area contributed by atoms with Gasteiger partial charge in [-0.25, -0.2) is 0 Å². The number of nitrogens with one attached hydrogen (secondary N) is 2. The van der Waals surface area contributed by atoms with Gasteiger partial charge >= 0.3 is 0 Å². The Balaban J connectivity index is 1.90. The van der Waals surface area contributed by atoms with Crippen molar-refractivity contribution in [3.05, 3.63) is 60.7 Å². The summed E-state index contributed by atoms with van der Waals surface area (Å²) in [7, 11) is -2.65. The molecule has 1 fully saturated rings. The highest BCUT2D eigenvalue weighted by atomic mass is 28.4. The van der Waals surface area contributed by atoms with E-state index in [4.69, 9.17) is 4.43 Å². The molecule has 2 aromatic rings. The highest BCUT2D eigenvalue weighted by molar-refractivity contribution is 6.99. The van der Waals surface area contributed by atoms with Crippen LogP contribution in [-0.4, -0.2) is 38.8 Å². The second kappa shape index (κ2) is 10.4. The lowest BCUT2D eigenvalue weighted by molar-refractivity contribution is -0.129. The molecule has 0 aromatic heterocycles. The summed E-state index contributed by atoms with van der Waals surface area (Å²) < 4.78 is 7.00. The van der Waals surface area contributed by atoms with Gasteiger partial charge in [-0.3, -0.25) is 9.59 Å². The van der Waals surface area contributed by atoms with E-state index in [0.717, 1.165) is 19.3 Å². The van der Waals surface area contributed by atoms with Gasteiger partial charge in [0.1, 0.15) is 6.04 Å². The standard InChI is InChI=1S/C26H36N2O3Si/c1-20(29)27-24-18-12-11-13-21(28-25(24)30)19-31-32(26(2,3)4,22-14-7-5-8-15-22)23-16-9-6-10-17-23/h5-10,14-17,21,24H,11-13,18-19H2,1-4H3,(H,27,29)(H,28,30)/t21-,24+/m1/s1. The molecular formula is C26H36N2O3Si. The van der Waals surface area contributed by atoms with E-state index in [2.05, 4.69) is 79.9 Å². The quantitative estimate of drug-likeness (QED) is 0.662. The van der Waals surface area contributed by atoms with Gasteiger partial charge in [-0.15, -0.1) is 0 Å². The molecule has 0 saturated carbocycles. The first-order valence-electron chi connectivity index (χ1n) is 11.6. The molecule has 172 valence electrons. The molecule has 1 aliphatic heterocycles. The molecule has 0 unspecified atom stereocenters. The molecule has 3 rings (SSSR count). The lowest BCUT2D eigenvalue weighted by atomic mass is 10.0. The summed E-state index contributed by atoms with van der Waals surface area (Å²) in [5, 5.41) is 8.28. The van der Waals surface area contributed by atoms with E-state index in [1.807, 2.05) is 12.1 Å². The Kier molecular flexibility index (Phi) is 7.90. The lowest BCUT2D eigenvalue weighted by Crippen LogP contribution is -2.67. The summed E-state index contributed by atoms with van der Waals surface area (Å²) in [5.41, 5.74) is 0. The molecule has 0 bridgehead atoms. The minimum absolute atomic E-state index is 0.0827. The summed E-state index contributed by atoms with van der Waals surface area (Å²) in [5.74, 6) is -0.290. The van der Waals surface area contributed by atoms with E-state index in [1.165, 1.54) is 17.3 Å². The van der Waals surface area contributed by atoms with Crippen molar-refractivity contribution >= 4 is 30.5 Å². The Morgan fingerprint density at radius 1 is 1.00 bits per heavy atom. The average molecular weight is 453 g/mol. The van der Waals surface area contributed by atoms with Crippen LogP contribution in [0.2, 0.25) is 5.04 Å². The van der Waals surface area contributed by atoms with Crippen molar-refractivity contribution in [3.63, 3.8) is 0 Å².